The maximum absolute atomic E-state index is 11.5. The van der Waals surface area contributed by atoms with E-state index < -0.39 is 18.1 Å². The summed E-state index contributed by atoms with van der Waals surface area (Å²) in [6, 6.07) is -1.22. The maximum atomic E-state index is 11.5. The molecule has 1 fully saturated rings. The molecule has 0 aromatic rings. The minimum Gasteiger partial charge on any atom is -0.467 e. The first kappa shape index (κ1) is 11.5. The van der Waals surface area contributed by atoms with Crippen LogP contribution in [0.2, 0.25) is 0 Å². The fraction of sp³-hybridized carbons (Fsp3) is 0.667. The van der Waals surface area contributed by atoms with E-state index in [0.29, 0.717) is 12.8 Å². The second-order valence-corrected chi connectivity index (χ2v) is 3.41. The molecular weight excluding hydrogens is 200 g/mol. The summed E-state index contributed by atoms with van der Waals surface area (Å²) >= 11 is 0. The lowest BCUT2D eigenvalue weighted by Crippen LogP contribution is -2.47. The third-order valence-corrected chi connectivity index (χ3v) is 2.23. The van der Waals surface area contributed by atoms with Gasteiger partial charge in [0.05, 0.1) is 7.11 Å². The van der Waals surface area contributed by atoms with E-state index in [1.807, 2.05) is 0 Å². The average Bonchev–Trinajstić information content (AvgIpc) is 2.63. The smallest absolute Gasteiger partial charge is 0.328 e. The molecule has 2 N–H and O–H groups in total. The van der Waals surface area contributed by atoms with Crippen LogP contribution in [0.3, 0.4) is 0 Å². The molecule has 1 aliphatic heterocycles. The van der Waals surface area contributed by atoms with Crippen molar-refractivity contribution < 1.29 is 19.1 Å². The summed E-state index contributed by atoms with van der Waals surface area (Å²) in [5.41, 5.74) is 0. The van der Waals surface area contributed by atoms with Crippen molar-refractivity contribution in [2.24, 2.45) is 0 Å². The summed E-state index contributed by atoms with van der Waals surface area (Å²) in [4.78, 5) is 33.3. The van der Waals surface area contributed by atoms with Crippen molar-refractivity contribution in [2.75, 3.05) is 7.11 Å². The first-order valence-electron chi connectivity index (χ1n) is 4.72. The SMILES string of the molecule is COC(=O)C(C)NC(=O)[C@@H]1CCC(=O)N1. The second kappa shape index (κ2) is 4.77. The summed E-state index contributed by atoms with van der Waals surface area (Å²) < 4.78 is 4.46. The summed E-state index contributed by atoms with van der Waals surface area (Å²) in [5, 5.41) is 4.98. The van der Waals surface area contributed by atoms with Crippen LogP contribution in [0.15, 0.2) is 0 Å². The minimum atomic E-state index is -0.694. The lowest BCUT2D eigenvalue weighted by atomic mass is 10.2. The van der Waals surface area contributed by atoms with Crippen LogP contribution in [0, 0.1) is 0 Å². The van der Waals surface area contributed by atoms with Gasteiger partial charge in [0.2, 0.25) is 11.8 Å². The van der Waals surface area contributed by atoms with Crippen molar-refractivity contribution in [3.63, 3.8) is 0 Å². The molecule has 0 bridgehead atoms. The highest BCUT2D eigenvalue weighted by atomic mass is 16.5. The summed E-state index contributed by atoms with van der Waals surface area (Å²) in [6.45, 7) is 1.53. The molecular formula is C9H14N2O4. The lowest BCUT2D eigenvalue weighted by molar-refractivity contribution is -0.144. The molecule has 6 heteroatoms. The average molecular weight is 214 g/mol. The van der Waals surface area contributed by atoms with Gasteiger partial charge in [0.15, 0.2) is 0 Å². The molecule has 0 aliphatic carbocycles. The second-order valence-electron chi connectivity index (χ2n) is 3.41. The molecule has 6 nitrogen and oxygen atoms in total. The van der Waals surface area contributed by atoms with Gasteiger partial charge >= 0.3 is 5.97 Å². The molecule has 0 spiro atoms. The maximum Gasteiger partial charge on any atom is 0.328 e. The van der Waals surface area contributed by atoms with E-state index >= 15 is 0 Å². The van der Waals surface area contributed by atoms with Crippen molar-refractivity contribution in [1.82, 2.24) is 10.6 Å². The molecule has 2 amide bonds. The Morgan fingerprint density at radius 3 is 2.73 bits per heavy atom. The monoisotopic (exact) mass is 214 g/mol. The van der Waals surface area contributed by atoms with Gasteiger partial charge in [0.25, 0.3) is 0 Å². The Bertz CT molecular complexity index is 290. The van der Waals surface area contributed by atoms with Gasteiger partial charge < -0.3 is 15.4 Å². The molecule has 1 saturated heterocycles. The van der Waals surface area contributed by atoms with Crippen LogP contribution in [0.25, 0.3) is 0 Å². The van der Waals surface area contributed by atoms with E-state index in [0.717, 1.165) is 0 Å². The van der Waals surface area contributed by atoms with Gasteiger partial charge in [-0.2, -0.15) is 0 Å². The van der Waals surface area contributed by atoms with Crippen molar-refractivity contribution >= 4 is 17.8 Å². The Hall–Kier alpha value is -1.59. The third-order valence-electron chi connectivity index (χ3n) is 2.23. The van der Waals surface area contributed by atoms with Crippen LogP contribution in [0.4, 0.5) is 0 Å². The van der Waals surface area contributed by atoms with E-state index in [1.165, 1.54) is 14.0 Å². The largest absolute Gasteiger partial charge is 0.467 e. The van der Waals surface area contributed by atoms with Gasteiger partial charge in [0, 0.05) is 6.42 Å². The lowest BCUT2D eigenvalue weighted by Gasteiger charge is -2.14. The van der Waals surface area contributed by atoms with Crippen LogP contribution in [-0.2, 0) is 19.1 Å². The number of amides is 2. The van der Waals surface area contributed by atoms with E-state index in [2.05, 4.69) is 15.4 Å². The van der Waals surface area contributed by atoms with Crippen molar-refractivity contribution in [1.29, 1.82) is 0 Å². The van der Waals surface area contributed by atoms with Crippen LogP contribution >= 0.6 is 0 Å². The topological polar surface area (TPSA) is 84.5 Å². The predicted molar refractivity (Wildman–Crippen MR) is 50.8 cm³/mol. The highest BCUT2D eigenvalue weighted by molar-refractivity contribution is 5.92. The number of hydrogen-bond donors (Lipinski definition) is 2. The molecule has 1 unspecified atom stereocenters. The Morgan fingerprint density at radius 1 is 1.60 bits per heavy atom. The fourth-order valence-electron chi connectivity index (χ4n) is 1.36. The first-order chi connectivity index (χ1) is 7.04. The summed E-state index contributed by atoms with van der Waals surface area (Å²) in [6.07, 6.45) is 0.823. The van der Waals surface area contributed by atoms with Gasteiger partial charge in [-0.25, -0.2) is 4.79 Å². The van der Waals surface area contributed by atoms with Gasteiger partial charge in [-0.05, 0) is 13.3 Å². The predicted octanol–water partition coefficient (Wildman–Crippen LogP) is -1.06. The Balaban J connectivity index is 2.42. The molecule has 1 rings (SSSR count). The van der Waals surface area contributed by atoms with Gasteiger partial charge in [-0.3, -0.25) is 9.59 Å². The van der Waals surface area contributed by atoms with E-state index in [-0.39, 0.29) is 11.8 Å². The molecule has 0 aromatic carbocycles. The number of methoxy groups -OCH3 is 1. The standard InChI is InChI=1S/C9H14N2O4/c1-5(9(14)15-2)10-8(13)6-3-4-7(12)11-6/h5-6H,3-4H2,1-2H3,(H,10,13)(H,11,12)/t5?,6-/m0/s1. The van der Waals surface area contributed by atoms with Crippen LogP contribution in [0.1, 0.15) is 19.8 Å². The third kappa shape index (κ3) is 2.93. The van der Waals surface area contributed by atoms with Crippen molar-refractivity contribution in [3.05, 3.63) is 0 Å². The highest BCUT2D eigenvalue weighted by Gasteiger charge is 2.29. The Morgan fingerprint density at radius 2 is 2.27 bits per heavy atom. The molecule has 0 saturated carbocycles. The normalized spacial score (nSPS) is 21.7. The van der Waals surface area contributed by atoms with E-state index in [9.17, 15) is 14.4 Å². The molecule has 84 valence electrons. The number of esters is 1. The van der Waals surface area contributed by atoms with Crippen molar-refractivity contribution in [2.45, 2.75) is 31.8 Å². The fourth-order valence-corrected chi connectivity index (χ4v) is 1.36. The summed E-state index contributed by atoms with van der Waals surface area (Å²) in [7, 11) is 1.25. The van der Waals surface area contributed by atoms with Crippen LogP contribution in [0.5, 0.6) is 0 Å². The molecule has 15 heavy (non-hydrogen) atoms. The van der Waals surface area contributed by atoms with Gasteiger partial charge in [-0.1, -0.05) is 0 Å². The Kier molecular flexibility index (Phi) is 3.65. The number of rotatable bonds is 3. The van der Waals surface area contributed by atoms with Gasteiger partial charge in [-0.15, -0.1) is 0 Å². The minimum absolute atomic E-state index is 0.138. The van der Waals surface area contributed by atoms with Crippen molar-refractivity contribution in [3.8, 4) is 0 Å². The highest BCUT2D eigenvalue weighted by Crippen LogP contribution is 2.06. The van der Waals surface area contributed by atoms with E-state index in [4.69, 9.17) is 0 Å². The quantitative estimate of drug-likeness (QED) is 0.587. The van der Waals surface area contributed by atoms with Crippen LogP contribution in [-0.4, -0.2) is 37.0 Å². The molecule has 1 heterocycles. The zero-order chi connectivity index (χ0) is 11.4. The number of ether oxygens (including phenoxy) is 1. The van der Waals surface area contributed by atoms with Crippen LogP contribution < -0.4 is 10.6 Å². The number of nitrogens with one attached hydrogen (secondary N) is 2. The van der Waals surface area contributed by atoms with E-state index in [1.54, 1.807) is 0 Å². The first-order valence-corrected chi connectivity index (χ1v) is 4.72. The molecule has 0 aromatic heterocycles. The molecule has 0 radical (unpaired) electrons. The zero-order valence-corrected chi connectivity index (χ0v) is 8.70. The molecule has 2 atom stereocenters. The number of carbonyl (C=O) groups excluding carboxylic acids is 3. The Labute approximate surface area is 87.4 Å². The molecule has 1 aliphatic rings. The number of hydrogen-bond acceptors (Lipinski definition) is 4. The zero-order valence-electron chi connectivity index (χ0n) is 8.70. The van der Waals surface area contributed by atoms with Gasteiger partial charge in [0.1, 0.15) is 12.1 Å². The number of carbonyl (C=O) groups is 3. The summed E-state index contributed by atoms with van der Waals surface area (Å²) in [5.74, 6) is -0.993.